The topological polar surface area (TPSA) is 21.6 Å². The van der Waals surface area contributed by atoms with Gasteiger partial charge in [0.1, 0.15) is 6.61 Å². The maximum Gasteiger partial charge on any atom is 0.142 e. The Morgan fingerprint density at radius 3 is 2.46 bits per heavy atom. The van der Waals surface area contributed by atoms with Gasteiger partial charge >= 0.3 is 0 Å². The summed E-state index contributed by atoms with van der Waals surface area (Å²) in [7, 11) is 0. The van der Waals surface area contributed by atoms with Gasteiger partial charge in [-0.25, -0.2) is 0 Å². The van der Waals surface area contributed by atoms with E-state index < -0.39 is 0 Å². The van der Waals surface area contributed by atoms with Crippen LogP contribution in [-0.2, 0) is 11.4 Å². The predicted octanol–water partition coefficient (Wildman–Crippen LogP) is 7.30. The normalized spacial score (nSPS) is 14.2. The second kappa shape index (κ2) is 8.38. The number of hydrogen-bond donors (Lipinski definition) is 0. The van der Waals surface area contributed by atoms with Crippen molar-refractivity contribution in [3.8, 4) is 11.1 Å². The summed E-state index contributed by atoms with van der Waals surface area (Å²) in [6.07, 6.45) is 2.26. The SMILES string of the molecule is Cc1c(CO/N=C(/c2ccc(Cl)c(Cl)c2)C2CC2)cccc1-c1ccccc1. The molecule has 0 spiro atoms. The van der Waals surface area contributed by atoms with Gasteiger partial charge in [-0.05, 0) is 54.2 Å². The number of oxime groups is 1. The molecule has 4 heteroatoms. The lowest BCUT2D eigenvalue weighted by Crippen LogP contribution is -2.05. The van der Waals surface area contributed by atoms with E-state index in [1.165, 1.54) is 16.7 Å². The van der Waals surface area contributed by atoms with Crippen molar-refractivity contribution in [1.82, 2.24) is 0 Å². The van der Waals surface area contributed by atoms with E-state index in [9.17, 15) is 0 Å². The fourth-order valence-corrected chi connectivity index (χ4v) is 3.61. The van der Waals surface area contributed by atoms with Crippen LogP contribution in [0, 0.1) is 12.8 Å². The van der Waals surface area contributed by atoms with Crippen molar-refractivity contribution < 1.29 is 4.84 Å². The highest BCUT2D eigenvalue weighted by atomic mass is 35.5. The van der Waals surface area contributed by atoms with Crippen LogP contribution in [0.2, 0.25) is 10.0 Å². The molecule has 1 saturated carbocycles. The molecule has 0 radical (unpaired) electrons. The van der Waals surface area contributed by atoms with Gasteiger partial charge in [-0.3, -0.25) is 0 Å². The van der Waals surface area contributed by atoms with Crippen LogP contribution in [0.1, 0.15) is 29.5 Å². The van der Waals surface area contributed by atoms with E-state index >= 15 is 0 Å². The van der Waals surface area contributed by atoms with E-state index in [4.69, 9.17) is 28.0 Å². The Morgan fingerprint density at radius 1 is 0.964 bits per heavy atom. The minimum Gasteiger partial charge on any atom is -0.391 e. The molecule has 2 nitrogen and oxygen atoms in total. The molecule has 3 aromatic rings. The zero-order valence-corrected chi connectivity index (χ0v) is 17.2. The van der Waals surface area contributed by atoms with E-state index in [2.05, 4.69) is 54.5 Å². The first-order valence-corrected chi connectivity index (χ1v) is 10.2. The molecule has 0 aromatic heterocycles. The van der Waals surface area contributed by atoms with Crippen molar-refractivity contribution in [3.05, 3.63) is 93.5 Å². The second-order valence-corrected chi connectivity index (χ2v) is 7.92. The largest absolute Gasteiger partial charge is 0.391 e. The van der Waals surface area contributed by atoms with Crippen molar-refractivity contribution in [3.63, 3.8) is 0 Å². The van der Waals surface area contributed by atoms with Crippen LogP contribution in [0.15, 0.2) is 71.9 Å². The van der Waals surface area contributed by atoms with Gasteiger partial charge < -0.3 is 4.84 Å². The molecule has 1 aliphatic rings. The quantitative estimate of drug-likeness (QED) is 0.309. The Hall–Kier alpha value is -2.29. The fraction of sp³-hybridized carbons (Fsp3) is 0.208. The summed E-state index contributed by atoms with van der Waals surface area (Å²) >= 11 is 12.2. The summed E-state index contributed by atoms with van der Waals surface area (Å²) in [5, 5.41) is 5.57. The summed E-state index contributed by atoms with van der Waals surface area (Å²) < 4.78 is 0. The molecular formula is C24H21Cl2NO. The molecule has 0 saturated heterocycles. The van der Waals surface area contributed by atoms with Crippen LogP contribution in [0.25, 0.3) is 11.1 Å². The third-order valence-electron chi connectivity index (χ3n) is 5.09. The highest BCUT2D eigenvalue weighted by Gasteiger charge is 2.29. The first-order chi connectivity index (χ1) is 13.6. The van der Waals surface area contributed by atoms with Gasteiger partial charge in [0.2, 0.25) is 0 Å². The van der Waals surface area contributed by atoms with Gasteiger partial charge in [0.15, 0.2) is 0 Å². The highest BCUT2D eigenvalue weighted by molar-refractivity contribution is 6.42. The average Bonchev–Trinajstić information content (AvgIpc) is 3.54. The van der Waals surface area contributed by atoms with Crippen molar-refractivity contribution >= 4 is 28.9 Å². The van der Waals surface area contributed by atoms with Crippen molar-refractivity contribution in [2.24, 2.45) is 11.1 Å². The zero-order chi connectivity index (χ0) is 19.5. The van der Waals surface area contributed by atoms with Crippen LogP contribution < -0.4 is 0 Å². The van der Waals surface area contributed by atoms with Gasteiger partial charge in [0, 0.05) is 11.5 Å². The summed E-state index contributed by atoms with van der Waals surface area (Å²) in [4.78, 5) is 5.79. The molecule has 0 amide bonds. The standard InChI is InChI=1S/C24H21Cl2NO/c1-16-20(8-5-9-21(16)17-6-3-2-4-7-17)15-28-27-24(18-10-11-18)19-12-13-22(25)23(26)14-19/h2-9,12-14,18H,10-11,15H2,1H3/b27-24+. The number of rotatable bonds is 6. The lowest BCUT2D eigenvalue weighted by molar-refractivity contribution is 0.129. The minimum atomic E-state index is 0.435. The zero-order valence-electron chi connectivity index (χ0n) is 15.7. The van der Waals surface area contributed by atoms with Crippen LogP contribution in [-0.4, -0.2) is 5.71 Å². The highest BCUT2D eigenvalue weighted by Crippen LogP contribution is 2.35. The van der Waals surface area contributed by atoms with E-state index in [-0.39, 0.29) is 0 Å². The minimum absolute atomic E-state index is 0.435. The molecule has 28 heavy (non-hydrogen) atoms. The molecule has 0 bridgehead atoms. The Morgan fingerprint density at radius 2 is 1.75 bits per heavy atom. The Balaban J connectivity index is 1.54. The van der Waals surface area contributed by atoms with Gasteiger partial charge in [0.25, 0.3) is 0 Å². The first-order valence-electron chi connectivity index (χ1n) is 9.42. The third kappa shape index (κ3) is 4.24. The lowest BCUT2D eigenvalue weighted by Gasteiger charge is -2.12. The van der Waals surface area contributed by atoms with Crippen molar-refractivity contribution in [2.45, 2.75) is 26.4 Å². The summed E-state index contributed by atoms with van der Waals surface area (Å²) in [6.45, 7) is 2.57. The average molecular weight is 410 g/mol. The molecular weight excluding hydrogens is 389 g/mol. The third-order valence-corrected chi connectivity index (χ3v) is 5.83. The second-order valence-electron chi connectivity index (χ2n) is 7.11. The first kappa shape index (κ1) is 19.0. The molecule has 0 heterocycles. The van der Waals surface area contributed by atoms with Crippen LogP contribution in [0.5, 0.6) is 0 Å². The monoisotopic (exact) mass is 409 g/mol. The maximum absolute atomic E-state index is 6.18. The van der Waals surface area contributed by atoms with Gasteiger partial charge in [-0.15, -0.1) is 0 Å². The van der Waals surface area contributed by atoms with Crippen LogP contribution in [0.3, 0.4) is 0 Å². The number of benzene rings is 3. The molecule has 1 aliphatic carbocycles. The van der Waals surface area contributed by atoms with E-state index in [1.807, 2.05) is 24.3 Å². The Bertz CT molecular complexity index is 1010. The number of halogens is 2. The van der Waals surface area contributed by atoms with Gasteiger partial charge in [-0.2, -0.15) is 0 Å². The molecule has 0 atom stereocenters. The molecule has 142 valence electrons. The summed E-state index contributed by atoms with van der Waals surface area (Å²) in [5.74, 6) is 0.439. The van der Waals surface area contributed by atoms with Gasteiger partial charge in [0.05, 0.1) is 15.8 Å². The summed E-state index contributed by atoms with van der Waals surface area (Å²) in [6, 6.07) is 22.3. The number of hydrogen-bond acceptors (Lipinski definition) is 2. The molecule has 1 fully saturated rings. The van der Waals surface area contributed by atoms with Crippen LogP contribution >= 0.6 is 23.2 Å². The summed E-state index contributed by atoms with van der Waals surface area (Å²) in [5.41, 5.74) is 6.71. The van der Waals surface area contributed by atoms with Crippen LogP contribution in [0.4, 0.5) is 0 Å². The fourth-order valence-electron chi connectivity index (χ4n) is 3.32. The number of nitrogens with zero attached hydrogens (tertiary/aromatic N) is 1. The van der Waals surface area contributed by atoms with E-state index in [0.717, 1.165) is 29.7 Å². The molecule has 0 unspecified atom stereocenters. The smallest absolute Gasteiger partial charge is 0.142 e. The molecule has 0 N–H and O–H groups in total. The Labute approximate surface area is 175 Å². The molecule has 0 aliphatic heterocycles. The molecule has 3 aromatic carbocycles. The van der Waals surface area contributed by atoms with Gasteiger partial charge in [-0.1, -0.05) is 83.0 Å². The lowest BCUT2D eigenvalue weighted by atomic mass is 9.97. The van der Waals surface area contributed by atoms with Crippen molar-refractivity contribution in [2.75, 3.05) is 0 Å². The maximum atomic E-state index is 6.18. The molecule has 4 rings (SSSR count). The predicted molar refractivity (Wildman–Crippen MR) is 117 cm³/mol. The van der Waals surface area contributed by atoms with Crippen molar-refractivity contribution in [1.29, 1.82) is 0 Å². The Kier molecular flexibility index (Phi) is 5.70. The van der Waals surface area contributed by atoms with E-state index in [0.29, 0.717) is 22.6 Å². The van der Waals surface area contributed by atoms with E-state index in [1.54, 1.807) is 0 Å².